The normalized spacial score (nSPS) is 19.0. The monoisotopic (exact) mass is 335 g/mol. The third-order valence-corrected chi connectivity index (χ3v) is 5.37. The van der Waals surface area contributed by atoms with Gasteiger partial charge in [-0.25, -0.2) is 4.98 Å². The van der Waals surface area contributed by atoms with Crippen molar-refractivity contribution in [3.05, 3.63) is 39.7 Å². The molecule has 1 N–H and O–H groups in total. The Morgan fingerprint density at radius 1 is 1.43 bits per heavy atom. The van der Waals surface area contributed by atoms with Crippen LogP contribution in [-0.4, -0.2) is 46.6 Å². The SMILES string of the molecule is Cc1ncsc1CN(C)C[C@H]1CCN(Cc2ccc(CO)o2)C1. The molecule has 0 amide bonds. The molecule has 23 heavy (non-hydrogen) atoms. The summed E-state index contributed by atoms with van der Waals surface area (Å²) in [5.74, 6) is 2.30. The first-order chi connectivity index (χ1) is 11.1. The predicted octanol–water partition coefficient (Wildman–Crippen LogP) is 2.49. The lowest BCUT2D eigenvalue weighted by Gasteiger charge is -2.21. The van der Waals surface area contributed by atoms with Crippen LogP contribution >= 0.6 is 11.3 Å². The van der Waals surface area contributed by atoms with E-state index in [1.165, 1.54) is 11.3 Å². The van der Waals surface area contributed by atoms with Gasteiger partial charge >= 0.3 is 0 Å². The summed E-state index contributed by atoms with van der Waals surface area (Å²) in [4.78, 5) is 10.5. The van der Waals surface area contributed by atoms with E-state index >= 15 is 0 Å². The first kappa shape index (κ1) is 16.6. The lowest BCUT2D eigenvalue weighted by Crippen LogP contribution is -2.27. The number of aliphatic hydroxyl groups excluding tert-OH is 1. The molecule has 0 bridgehead atoms. The van der Waals surface area contributed by atoms with Gasteiger partial charge in [0.15, 0.2) is 0 Å². The zero-order valence-corrected chi connectivity index (χ0v) is 14.7. The van der Waals surface area contributed by atoms with Gasteiger partial charge in [-0.3, -0.25) is 4.90 Å². The molecule has 1 fully saturated rings. The van der Waals surface area contributed by atoms with Crippen LogP contribution in [0.5, 0.6) is 0 Å². The number of likely N-dealkylation sites (tertiary alicyclic amines) is 1. The second kappa shape index (κ2) is 7.57. The summed E-state index contributed by atoms with van der Waals surface area (Å²) in [6, 6.07) is 3.83. The Morgan fingerprint density at radius 3 is 2.96 bits per heavy atom. The fourth-order valence-corrected chi connectivity index (χ4v) is 4.10. The molecule has 0 aliphatic carbocycles. The molecule has 0 radical (unpaired) electrons. The smallest absolute Gasteiger partial charge is 0.129 e. The first-order valence-electron chi connectivity index (χ1n) is 8.12. The molecule has 0 spiro atoms. The molecule has 1 saturated heterocycles. The van der Waals surface area contributed by atoms with Crippen molar-refractivity contribution in [2.45, 2.75) is 33.0 Å². The highest BCUT2D eigenvalue weighted by atomic mass is 32.1. The lowest BCUT2D eigenvalue weighted by atomic mass is 10.1. The van der Waals surface area contributed by atoms with Gasteiger partial charge in [-0.15, -0.1) is 11.3 Å². The van der Waals surface area contributed by atoms with E-state index in [1.54, 1.807) is 11.3 Å². The molecule has 126 valence electrons. The first-order valence-corrected chi connectivity index (χ1v) is 9.00. The summed E-state index contributed by atoms with van der Waals surface area (Å²) >= 11 is 1.75. The van der Waals surface area contributed by atoms with E-state index in [9.17, 15) is 0 Å². The number of aromatic nitrogens is 1. The number of furan rings is 1. The molecule has 6 heteroatoms. The van der Waals surface area contributed by atoms with Crippen LogP contribution in [0.25, 0.3) is 0 Å². The fraction of sp³-hybridized carbons (Fsp3) is 0.588. The molecular weight excluding hydrogens is 310 g/mol. The van der Waals surface area contributed by atoms with Gasteiger partial charge in [0.2, 0.25) is 0 Å². The summed E-state index contributed by atoms with van der Waals surface area (Å²) in [6.07, 6.45) is 1.24. The minimum atomic E-state index is -0.0234. The van der Waals surface area contributed by atoms with Crippen molar-refractivity contribution in [3.63, 3.8) is 0 Å². The van der Waals surface area contributed by atoms with Crippen LogP contribution in [0.4, 0.5) is 0 Å². The van der Waals surface area contributed by atoms with Crippen LogP contribution in [0.2, 0.25) is 0 Å². The highest BCUT2D eigenvalue weighted by Gasteiger charge is 2.24. The quantitative estimate of drug-likeness (QED) is 0.842. The zero-order chi connectivity index (χ0) is 16.2. The molecule has 1 aliphatic heterocycles. The highest BCUT2D eigenvalue weighted by molar-refractivity contribution is 7.09. The Balaban J connectivity index is 1.45. The third-order valence-electron chi connectivity index (χ3n) is 4.45. The fourth-order valence-electron chi connectivity index (χ4n) is 3.25. The maximum absolute atomic E-state index is 9.06. The minimum absolute atomic E-state index is 0.0234. The van der Waals surface area contributed by atoms with Gasteiger partial charge < -0.3 is 14.4 Å². The number of rotatable bonds is 7. The van der Waals surface area contributed by atoms with Crippen LogP contribution < -0.4 is 0 Å². The number of aliphatic hydroxyl groups is 1. The lowest BCUT2D eigenvalue weighted by molar-refractivity contribution is 0.226. The van der Waals surface area contributed by atoms with E-state index in [2.05, 4.69) is 28.8 Å². The van der Waals surface area contributed by atoms with E-state index in [0.29, 0.717) is 11.7 Å². The Bertz CT molecular complexity index is 625. The van der Waals surface area contributed by atoms with Gasteiger partial charge in [-0.1, -0.05) is 0 Å². The van der Waals surface area contributed by atoms with Crippen LogP contribution in [0.3, 0.4) is 0 Å². The number of thiazole rings is 1. The van der Waals surface area contributed by atoms with Gasteiger partial charge in [-0.2, -0.15) is 0 Å². The van der Waals surface area contributed by atoms with Gasteiger partial charge in [0, 0.05) is 24.5 Å². The van der Waals surface area contributed by atoms with Crippen LogP contribution in [0.1, 0.15) is 28.5 Å². The number of hydrogen-bond acceptors (Lipinski definition) is 6. The number of nitrogens with zero attached hydrogens (tertiary/aromatic N) is 3. The molecule has 1 aliphatic rings. The average Bonchev–Trinajstić information content (AvgIpc) is 3.23. The molecule has 0 aromatic carbocycles. The van der Waals surface area contributed by atoms with Gasteiger partial charge in [-0.05, 0) is 45.0 Å². The number of aryl methyl sites for hydroxylation is 1. The summed E-state index contributed by atoms with van der Waals surface area (Å²) in [5, 5.41) is 9.06. The van der Waals surface area contributed by atoms with Crippen molar-refractivity contribution in [1.82, 2.24) is 14.8 Å². The Hall–Kier alpha value is -1.21. The van der Waals surface area contributed by atoms with Gasteiger partial charge in [0.1, 0.15) is 18.1 Å². The summed E-state index contributed by atoms with van der Waals surface area (Å²) in [7, 11) is 2.20. The second-order valence-corrected chi connectivity index (χ2v) is 7.41. The second-order valence-electron chi connectivity index (χ2n) is 6.47. The summed E-state index contributed by atoms with van der Waals surface area (Å²) in [6.45, 7) is 7.24. The van der Waals surface area contributed by atoms with E-state index in [-0.39, 0.29) is 6.61 Å². The molecule has 0 saturated carbocycles. The standard InChI is InChI=1S/C17H25N3O2S/c1-13-17(23-12-18-13)10-19(2)7-14-5-6-20(8-14)9-15-3-4-16(11-21)22-15/h3-4,12,14,21H,5-11H2,1-2H3/t14-/m1/s1. The van der Waals surface area contributed by atoms with Crippen molar-refractivity contribution in [2.24, 2.45) is 5.92 Å². The van der Waals surface area contributed by atoms with Crippen LogP contribution in [-0.2, 0) is 19.7 Å². The van der Waals surface area contributed by atoms with E-state index in [4.69, 9.17) is 9.52 Å². The topological polar surface area (TPSA) is 52.7 Å². The molecule has 3 heterocycles. The maximum Gasteiger partial charge on any atom is 0.129 e. The Kier molecular flexibility index (Phi) is 5.48. The van der Waals surface area contributed by atoms with Crippen LogP contribution in [0.15, 0.2) is 22.1 Å². The van der Waals surface area contributed by atoms with E-state index in [0.717, 1.165) is 44.2 Å². The van der Waals surface area contributed by atoms with E-state index in [1.807, 2.05) is 17.6 Å². The predicted molar refractivity (Wildman–Crippen MR) is 91.2 cm³/mol. The van der Waals surface area contributed by atoms with Gasteiger partial charge in [0.05, 0.1) is 17.7 Å². The van der Waals surface area contributed by atoms with Crippen molar-refractivity contribution < 1.29 is 9.52 Å². The van der Waals surface area contributed by atoms with E-state index < -0.39 is 0 Å². The van der Waals surface area contributed by atoms with Crippen molar-refractivity contribution in [2.75, 3.05) is 26.7 Å². The Labute approximate surface area is 141 Å². The summed E-state index contributed by atoms with van der Waals surface area (Å²) < 4.78 is 5.59. The molecule has 5 nitrogen and oxygen atoms in total. The van der Waals surface area contributed by atoms with Gasteiger partial charge in [0.25, 0.3) is 0 Å². The summed E-state index contributed by atoms with van der Waals surface area (Å²) in [5.41, 5.74) is 3.09. The third kappa shape index (κ3) is 4.41. The maximum atomic E-state index is 9.06. The van der Waals surface area contributed by atoms with Crippen molar-refractivity contribution in [1.29, 1.82) is 0 Å². The zero-order valence-electron chi connectivity index (χ0n) is 13.9. The van der Waals surface area contributed by atoms with Crippen LogP contribution in [0, 0.1) is 12.8 Å². The molecule has 0 unspecified atom stereocenters. The molecule has 3 rings (SSSR count). The van der Waals surface area contributed by atoms with Crippen molar-refractivity contribution in [3.8, 4) is 0 Å². The molecule has 2 aromatic rings. The molecule has 1 atom stereocenters. The molecular formula is C17H25N3O2S. The number of hydrogen-bond donors (Lipinski definition) is 1. The highest BCUT2D eigenvalue weighted by Crippen LogP contribution is 2.22. The Morgan fingerprint density at radius 2 is 2.26 bits per heavy atom. The van der Waals surface area contributed by atoms with Crippen molar-refractivity contribution >= 4 is 11.3 Å². The molecule has 2 aromatic heterocycles. The average molecular weight is 335 g/mol. The largest absolute Gasteiger partial charge is 0.462 e. The minimum Gasteiger partial charge on any atom is -0.462 e.